The number of nitrogens with one attached hydrogen (secondary N) is 1. The Morgan fingerprint density at radius 1 is 0.828 bits per heavy atom. The topological polar surface area (TPSA) is 64.6 Å². The van der Waals surface area contributed by atoms with Gasteiger partial charge >= 0.3 is 12.1 Å². The van der Waals surface area contributed by atoms with E-state index in [2.05, 4.69) is 5.32 Å². The first kappa shape index (κ1) is 19.9. The van der Waals surface area contributed by atoms with Crippen molar-refractivity contribution >= 4 is 18.1 Å². The van der Waals surface area contributed by atoms with Crippen molar-refractivity contribution in [1.82, 2.24) is 5.32 Å². The molecule has 0 heterocycles. The van der Waals surface area contributed by atoms with E-state index >= 15 is 0 Å². The minimum absolute atomic E-state index is 0.00183. The Labute approximate surface area is 169 Å². The summed E-state index contributed by atoms with van der Waals surface area (Å²) >= 11 is 0. The second-order valence-electron chi connectivity index (χ2n) is 6.22. The number of hydrogen-bond donors (Lipinski definition) is 1. The molecular formula is C24H21NO4. The van der Waals surface area contributed by atoms with Crippen LogP contribution >= 0.6 is 0 Å². The van der Waals surface area contributed by atoms with E-state index in [9.17, 15) is 9.59 Å². The summed E-state index contributed by atoms with van der Waals surface area (Å²) in [6, 6.07) is 26.9. The molecule has 5 heteroatoms. The number of alkyl carbamates (subject to hydrolysis) is 1. The molecule has 3 rings (SSSR count). The smallest absolute Gasteiger partial charge is 0.412 e. The van der Waals surface area contributed by atoms with Crippen molar-refractivity contribution < 1.29 is 19.1 Å². The van der Waals surface area contributed by atoms with Gasteiger partial charge in [0.2, 0.25) is 0 Å². The highest BCUT2D eigenvalue weighted by Crippen LogP contribution is 2.20. The maximum absolute atomic E-state index is 12.1. The molecule has 0 saturated heterocycles. The lowest BCUT2D eigenvalue weighted by atomic mass is 10.0. The van der Waals surface area contributed by atoms with Crippen LogP contribution in [0.15, 0.2) is 90.6 Å². The monoisotopic (exact) mass is 387 g/mol. The lowest BCUT2D eigenvalue weighted by Gasteiger charge is -2.09. The molecule has 0 radical (unpaired) electrons. The zero-order valence-corrected chi connectivity index (χ0v) is 16.0. The van der Waals surface area contributed by atoms with Crippen LogP contribution in [0, 0.1) is 0 Å². The molecule has 0 aromatic heterocycles. The van der Waals surface area contributed by atoms with E-state index in [1.54, 1.807) is 6.08 Å². The summed E-state index contributed by atoms with van der Waals surface area (Å²) < 4.78 is 9.93. The fraction of sp³-hybridized carbons (Fsp3) is 0.0833. The number of benzene rings is 3. The van der Waals surface area contributed by atoms with E-state index in [1.165, 1.54) is 7.11 Å². The molecular weight excluding hydrogens is 366 g/mol. The van der Waals surface area contributed by atoms with Crippen LogP contribution in [-0.2, 0) is 20.9 Å². The first-order chi connectivity index (χ1) is 14.2. The van der Waals surface area contributed by atoms with Crippen LogP contribution in [0.1, 0.15) is 11.1 Å². The Bertz CT molecular complexity index is 980. The van der Waals surface area contributed by atoms with Crippen LogP contribution in [0.3, 0.4) is 0 Å². The Morgan fingerprint density at radius 2 is 1.41 bits per heavy atom. The molecule has 3 aromatic carbocycles. The molecule has 0 spiro atoms. The van der Waals surface area contributed by atoms with Crippen molar-refractivity contribution in [2.24, 2.45) is 0 Å². The van der Waals surface area contributed by atoms with Gasteiger partial charge in [-0.3, -0.25) is 5.32 Å². The third-order valence-electron chi connectivity index (χ3n) is 4.18. The summed E-state index contributed by atoms with van der Waals surface area (Å²) in [7, 11) is 1.26. The van der Waals surface area contributed by atoms with Gasteiger partial charge < -0.3 is 9.47 Å². The molecule has 0 aliphatic heterocycles. The maximum atomic E-state index is 12.1. The van der Waals surface area contributed by atoms with Gasteiger partial charge in [0.15, 0.2) is 0 Å². The van der Waals surface area contributed by atoms with Crippen molar-refractivity contribution in [2.75, 3.05) is 7.11 Å². The van der Waals surface area contributed by atoms with Gasteiger partial charge in [-0.2, -0.15) is 0 Å². The maximum Gasteiger partial charge on any atom is 0.412 e. The van der Waals surface area contributed by atoms with Gasteiger partial charge in [0, 0.05) is 0 Å². The van der Waals surface area contributed by atoms with E-state index in [1.807, 2.05) is 84.9 Å². The minimum Gasteiger partial charge on any atom is -0.464 e. The highest BCUT2D eigenvalue weighted by atomic mass is 16.6. The van der Waals surface area contributed by atoms with Crippen molar-refractivity contribution in [3.8, 4) is 11.1 Å². The normalized spacial score (nSPS) is 10.9. The van der Waals surface area contributed by atoms with E-state index in [0.717, 1.165) is 22.3 Å². The van der Waals surface area contributed by atoms with Crippen LogP contribution in [0.2, 0.25) is 0 Å². The lowest BCUT2D eigenvalue weighted by molar-refractivity contribution is -0.136. The number of carbonyl (C=O) groups excluding carboxylic acids is 2. The standard InChI is InChI=1S/C24H21NO4/c1-28-23(26)22(25-24(27)29-17-19-8-4-2-5-9-19)16-18-12-14-21(15-13-18)20-10-6-3-7-11-20/h2-16H,17H2,1H3,(H,25,27)/b22-16-. The predicted octanol–water partition coefficient (Wildman–Crippen LogP) is 4.79. The molecule has 0 aliphatic carbocycles. The Hall–Kier alpha value is -3.86. The van der Waals surface area contributed by atoms with Crippen LogP contribution < -0.4 is 5.32 Å². The second kappa shape index (κ2) is 9.90. The quantitative estimate of drug-likeness (QED) is 0.488. The van der Waals surface area contributed by atoms with E-state index in [-0.39, 0.29) is 12.3 Å². The Morgan fingerprint density at radius 3 is 2.03 bits per heavy atom. The highest BCUT2D eigenvalue weighted by molar-refractivity contribution is 5.96. The summed E-state index contributed by atoms with van der Waals surface area (Å²) in [4.78, 5) is 24.1. The average Bonchev–Trinajstić information content (AvgIpc) is 2.78. The van der Waals surface area contributed by atoms with Gasteiger partial charge in [0.05, 0.1) is 7.11 Å². The number of amides is 1. The number of rotatable bonds is 6. The van der Waals surface area contributed by atoms with Crippen molar-refractivity contribution in [3.05, 3.63) is 102 Å². The SMILES string of the molecule is COC(=O)/C(=C/c1ccc(-c2ccccc2)cc1)NC(=O)OCc1ccccc1. The molecule has 3 aromatic rings. The molecule has 0 fully saturated rings. The van der Waals surface area contributed by atoms with E-state index in [4.69, 9.17) is 9.47 Å². The Balaban J connectivity index is 1.70. The van der Waals surface area contributed by atoms with Gasteiger partial charge in [-0.15, -0.1) is 0 Å². The molecule has 1 amide bonds. The largest absolute Gasteiger partial charge is 0.464 e. The highest BCUT2D eigenvalue weighted by Gasteiger charge is 2.14. The summed E-state index contributed by atoms with van der Waals surface area (Å²) in [5.74, 6) is -0.659. The van der Waals surface area contributed by atoms with Crippen molar-refractivity contribution in [2.45, 2.75) is 6.61 Å². The first-order valence-corrected chi connectivity index (χ1v) is 9.09. The Kier molecular flexibility index (Phi) is 6.79. The number of carbonyl (C=O) groups is 2. The molecule has 0 unspecified atom stereocenters. The third-order valence-corrected chi connectivity index (χ3v) is 4.18. The van der Waals surface area contributed by atoms with Crippen LogP contribution in [0.4, 0.5) is 4.79 Å². The molecule has 146 valence electrons. The van der Waals surface area contributed by atoms with Gasteiger partial charge in [0.1, 0.15) is 12.3 Å². The summed E-state index contributed by atoms with van der Waals surface area (Å²) in [5, 5.41) is 2.46. The number of hydrogen-bond acceptors (Lipinski definition) is 4. The molecule has 0 aliphatic rings. The fourth-order valence-electron chi connectivity index (χ4n) is 2.69. The molecule has 0 saturated carbocycles. The number of ether oxygens (including phenoxy) is 2. The van der Waals surface area contributed by atoms with Crippen LogP contribution in [0.5, 0.6) is 0 Å². The predicted molar refractivity (Wildman–Crippen MR) is 112 cm³/mol. The summed E-state index contributed by atoms with van der Waals surface area (Å²) in [5.41, 5.74) is 3.74. The fourth-order valence-corrected chi connectivity index (χ4v) is 2.69. The van der Waals surface area contributed by atoms with Crippen molar-refractivity contribution in [1.29, 1.82) is 0 Å². The first-order valence-electron chi connectivity index (χ1n) is 9.09. The van der Waals surface area contributed by atoms with Crippen molar-refractivity contribution in [3.63, 3.8) is 0 Å². The zero-order valence-electron chi connectivity index (χ0n) is 16.0. The van der Waals surface area contributed by atoms with Gasteiger partial charge in [0.25, 0.3) is 0 Å². The second-order valence-corrected chi connectivity index (χ2v) is 6.22. The van der Waals surface area contributed by atoms with Crippen LogP contribution in [0.25, 0.3) is 17.2 Å². The number of esters is 1. The molecule has 5 nitrogen and oxygen atoms in total. The molecule has 1 N–H and O–H groups in total. The molecule has 29 heavy (non-hydrogen) atoms. The zero-order chi connectivity index (χ0) is 20.5. The average molecular weight is 387 g/mol. The van der Waals surface area contributed by atoms with Gasteiger partial charge in [-0.05, 0) is 28.3 Å². The minimum atomic E-state index is -0.730. The van der Waals surface area contributed by atoms with Gasteiger partial charge in [-0.1, -0.05) is 84.9 Å². The molecule has 0 atom stereocenters. The lowest BCUT2D eigenvalue weighted by Crippen LogP contribution is -2.28. The van der Waals surface area contributed by atoms with Crippen LogP contribution in [-0.4, -0.2) is 19.2 Å². The summed E-state index contributed by atoms with van der Waals surface area (Å²) in [6.45, 7) is 0.104. The third kappa shape index (κ3) is 5.81. The van der Waals surface area contributed by atoms with E-state index in [0.29, 0.717) is 0 Å². The van der Waals surface area contributed by atoms with Gasteiger partial charge in [-0.25, -0.2) is 9.59 Å². The number of methoxy groups -OCH3 is 1. The van der Waals surface area contributed by atoms with E-state index < -0.39 is 12.1 Å². The molecule has 0 bridgehead atoms. The summed E-state index contributed by atoms with van der Waals surface area (Å²) in [6.07, 6.45) is 0.816.